The van der Waals surface area contributed by atoms with E-state index < -0.39 is 0 Å². The fourth-order valence-electron chi connectivity index (χ4n) is 1.85. The molecule has 0 radical (unpaired) electrons. The molecule has 0 bridgehead atoms. The van der Waals surface area contributed by atoms with Crippen LogP contribution < -0.4 is 10.3 Å². The molecule has 0 spiro atoms. The SMILES string of the molecule is C=CCCc1nc2cc(OC(C)C)ccc2[nH]c1=O. The standard InChI is InChI=1S/C15H18N2O2/c1-4-5-6-13-15(18)17-12-8-7-11(19-10(2)3)9-14(12)16-13/h4,7-10H,1,5-6H2,2-3H3,(H,17,18). The third-order valence-electron chi connectivity index (χ3n) is 2.69. The number of H-pyrrole nitrogens is 1. The average Bonchev–Trinajstić information content (AvgIpc) is 2.36. The zero-order valence-electron chi connectivity index (χ0n) is 11.3. The van der Waals surface area contributed by atoms with Gasteiger partial charge in [0.2, 0.25) is 0 Å². The normalized spacial score (nSPS) is 10.9. The van der Waals surface area contributed by atoms with Crippen molar-refractivity contribution in [1.29, 1.82) is 0 Å². The molecular weight excluding hydrogens is 240 g/mol. The van der Waals surface area contributed by atoms with Crippen molar-refractivity contribution in [1.82, 2.24) is 9.97 Å². The number of hydrogen-bond acceptors (Lipinski definition) is 3. The van der Waals surface area contributed by atoms with Gasteiger partial charge in [-0.3, -0.25) is 4.79 Å². The Bertz CT molecular complexity index is 644. The van der Waals surface area contributed by atoms with Crippen LogP contribution in [-0.4, -0.2) is 16.1 Å². The summed E-state index contributed by atoms with van der Waals surface area (Å²) in [6.45, 7) is 7.60. The molecule has 0 aliphatic rings. The molecule has 0 fully saturated rings. The van der Waals surface area contributed by atoms with E-state index in [0.29, 0.717) is 12.1 Å². The quantitative estimate of drug-likeness (QED) is 0.839. The number of aryl methyl sites for hydroxylation is 1. The van der Waals surface area contributed by atoms with Crippen molar-refractivity contribution in [2.75, 3.05) is 0 Å². The van der Waals surface area contributed by atoms with Gasteiger partial charge < -0.3 is 9.72 Å². The lowest BCUT2D eigenvalue weighted by Gasteiger charge is -2.10. The Kier molecular flexibility index (Phi) is 4.00. The van der Waals surface area contributed by atoms with Crippen molar-refractivity contribution in [2.24, 2.45) is 0 Å². The van der Waals surface area contributed by atoms with Crippen molar-refractivity contribution in [3.63, 3.8) is 0 Å². The lowest BCUT2D eigenvalue weighted by Crippen LogP contribution is -2.15. The molecule has 0 aliphatic heterocycles. The fourth-order valence-corrected chi connectivity index (χ4v) is 1.85. The van der Waals surface area contributed by atoms with Crippen LogP contribution in [0.4, 0.5) is 0 Å². The van der Waals surface area contributed by atoms with Crippen molar-refractivity contribution in [3.05, 3.63) is 46.9 Å². The first-order chi connectivity index (χ1) is 9.10. The number of nitrogens with one attached hydrogen (secondary N) is 1. The van der Waals surface area contributed by atoms with Gasteiger partial charge in [-0.25, -0.2) is 4.98 Å². The summed E-state index contributed by atoms with van der Waals surface area (Å²) in [7, 11) is 0. The molecular formula is C15H18N2O2. The number of benzene rings is 1. The molecule has 0 amide bonds. The Balaban J connectivity index is 2.42. The highest BCUT2D eigenvalue weighted by molar-refractivity contribution is 5.75. The van der Waals surface area contributed by atoms with Gasteiger partial charge in [0.05, 0.1) is 17.1 Å². The van der Waals surface area contributed by atoms with Crippen LogP contribution in [0.2, 0.25) is 0 Å². The maximum Gasteiger partial charge on any atom is 0.270 e. The molecule has 1 N–H and O–H groups in total. The summed E-state index contributed by atoms with van der Waals surface area (Å²) in [4.78, 5) is 19.1. The first-order valence-corrected chi connectivity index (χ1v) is 6.40. The first-order valence-electron chi connectivity index (χ1n) is 6.40. The molecule has 1 aromatic carbocycles. The van der Waals surface area contributed by atoms with Crippen LogP contribution in [0.25, 0.3) is 11.0 Å². The minimum atomic E-state index is -0.133. The predicted octanol–water partition coefficient (Wildman–Crippen LogP) is 2.83. The van der Waals surface area contributed by atoms with Gasteiger partial charge in [-0.15, -0.1) is 6.58 Å². The molecule has 19 heavy (non-hydrogen) atoms. The number of fused-ring (bicyclic) bond motifs is 1. The number of nitrogens with zero attached hydrogens (tertiary/aromatic N) is 1. The zero-order chi connectivity index (χ0) is 13.8. The van der Waals surface area contributed by atoms with E-state index in [1.165, 1.54) is 0 Å². The summed E-state index contributed by atoms with van der Waals surface area (Å²) < 4.78 is 5.63. The van der Waals surface area contributed by atoms with E-state index in [-0.39, 0.29) is 11.7 Å². The summed E-state index contributed by atoms with van der Waals surface area (Å²) in [5, 5.41) is 0. The van der Waals surface area contributed by atoms with Crippen molar-refractivity contribution in [3.8, 4) is 5.75 Å². The number of aromatic nitrogens is 2. The molecule has 0 aliphatic carbocycles. The van der Waals surface area contributed by atoms with Gasteiger partial charge in [0.15, 0.2) is 0 Å². The largest absolute Gasteiger partial charge is 0.491 e. The van der Waals surface area contributed by atoms with Gasteiger partial charge >= 0.3 is 0 Å². The lowest BCUT2D eigenvalue weighted by atomic mass is 10.2. The Morgan fingerprint density at radius 3 is 2.95 bits per heavy atom. The molecule has 100 valence electrons. The number of aromatic amines is 1. The van der Waals surface area contributed by atoms with Crippen LogP contribution in [0.15, 0.2) is 35.6 Å². The van der Waals surface area contributed by atoms with E-state index in [0.717, 1.165) is 23.2 Å². The molecule has 0 unspecified atom stereocenters. The Morgan fingerprint density at radius 1 is 1.47 bits per heavy atom. The highest BCUT2D eigenvalue weighted by atomic mass is 16.5. The summed E-state index contributed by atoms with van der Waals surface area (Å²) in [5.41, 5.74) is 1.88. The summed E-state index contributed by atoms with van der Waals surface area (Å²) >= 11 is 0. The van der Waals surface area contributed by atoms with Crippen molar-refractivity contribution < 1.29 is 4.74 Å². The molecule has 0 saturated carbocycles. The van der Waals surface area contributed by atoms with E-state index in [1.54, 1.807) is 6.08 Å². The molecule has 4 nitrogen and oxygen atoms in total. The van der Waals surface area contributed by atoms with Crippen molar-refractivity contribution in [2.45, 2.75) is 32.8 Å². The van der Waals surface area contributed by atoms with Gasteiger partial charge in [0.1, 0.15) is 11.4 Å². The molecule has 1 heterocycles. The fraction of sp³-hybridized carbons (Fsp3) is 0.333. The van der Waals surface area contributed by atoms with Crippen LogP contribution in [-0.2, 0) is 6.42 Å². The highest BCUT2D eigenvalue weighted by Gasteiger charge is 2.06. The van der Waals surface area contributed by atoms with E-state index in [9.17, 15) is 4.79 Å². The van der Waals surface area contributed by atoms with E-state index >= 15 is 0 Å². The van der Waals surface area contributed by atoms with Crippen LogP contribution >= 0.6 is 0 Å². The van der Waals surface area contributed by atoms with Crippen LogP contribution in [0.1, 0.15) is 26.0 Å². The van der Waals surface area contributed by atoms with Gasteiger partial charge in [0, 0.05) is 6.07 Å². The van der Waals surface area contributed by atoms with Crippen molar-refractivity contribution >= 4 is 11.0 Å². The summed E-state index contributed by atoms with van der Waals surface area (Å²) in [6.07, 6.45) is 3.23. The Labute approximate surface area is 112 Å². The van der Waals surface area contributed by atoms with Gasteiger partial charge in [-0.05, 0) is 38.8 Å². The maximum atomic E-state index is 11.8. The maximum absolute atomic E-state index is 11.8. The molecule has 0 saturated heterocycles. The number of rotatable bonds is 5. The first kappa shape index (κ1) is 13.3. The van der Waals surface area contributed by atoms with Gasteiger partial charge in [0.25, 0.3) is 5.56 Å². The number of allylic oxidation sites excluding steroid dienone is 1. The zero-order valence-corrected chi connectivity index (χ0v) is 11.3. The van der Waals surface area contributed by atoms with Crippen LogP contribution in [0, 0.1) is 0 Å². The summed E-state index contributed by atoms with van der Waals surface area (Å²) in [5.74, 6) is 0.761. The minimum absolute atomic E-state index is 0.112. The third-order valence-corrected chi connectivity index (χ3v) is 2.69. The van der Waals surface area contributed by atoms with Crippen LogP contribution in [0.3, 0.4) is 0 Å². The topological polar surface area (TPSA) is 55.0 Å². The molecule has 2 aromatic rings. The average molecular weight is 258 g/mol. The smallest absolute Gasteiger partial charge is 0.270 e. The van der Waals surface area contributed by atoms with E-state index in [4.69, 9.17) is 4.74 Å². The van der Waals surface area contributed by atoms with E-state index in [2.05, 4.69) is 16.5 Å². The molecule has 2 rings (SSSR count). The van der Waals surface area contributed by atoms with Gasteiger partial charge in [-0.1, -0.05) is 6.08 Å². The highest BCUT2D eigenvalue weighted by Crippen LogP contribution is 2.18. The van der Waals surface area contributed by atoms with E-state index in [1.807, 2.05) is 32.0 Å². The summed E-state index contributed by atoms with van der Waals surface area (Å²) in [6, 6.07) is 5.50. The Morgan fingerprint density at radius 2 is 2.26 bits per heavy atom. The monoisotopic (exact) mass is 258 g/mol. The number of hydrogen-bond donors (Lipinski definition) is 1. The molecule has 0 atom stereocenters. The predicted molar refractivity (Wildman–Crippen MR) is 76.6 cm³/mol. The molecule has 1 aromatic heterocycles. The van der Waals surface area contributed by atoms with Gasteiger partial charge in [-0.2, -0.15) is 0 Å². The van der Waals surface area contributed by atoms with Crippen LogP contribution in [0.5, 0.6) is 5.75 Å². The second kappa shape index (κ2) is 5.69. The molecule has 4 heteroatoms. The minimum Gasteiger partial charge on any atom is -0.491 e. The Hall–Kier alpha value is -2.10. The third kappa shape index (κ3) is 3.22. The second-order valence-electron chi connectivity index (χ2n) is 4.69. The second-order valence-corrected chi connectivity index (χ2v) is 4.69. The number of ether oxygens (including phenoxy) is 1. The lowest BCUT2D eigenvalue weighted by molar-refractivity contribution is 0.242.